The summed E-state index contributed by atoms with van der Waals surface area (Å²) in [6.07, 6.45) is 2.50. The first-order valence-electron chi connectivity index (χ1n) is 6.49. The molecule has 0 saturated heterocycles. The van der Waals surface area contributed by atoms with Gasteiger partial charge in [0, 0.05) is 32.3 Å². The van der Waals surface area contributed by atoms with Gasteiger partial charge >= 0.3 is 0 Å². The molecule has 6 nitrogen and oxygen atoms in total. The van der Waals surface area contributed by atoms with Gasteiger partial charge in [0.05, 0.1) is 4.99 Å². The maximum Gasteiger partial charge on any atom is 0.261 e. The van der Waals surface area contributed by atoms with Crippen LogP contribution < -0.4 is 5.73 Å². The van der Waals surface area contributed by atoms with Gasteiger partial charge in [-0.25, -0.2) is 13.4 Å². The van der Waals surface area contributed by atoms with Crippen molar-refractivity contribution in [2.24, 2.45) is 11.7 Å². The Morgan fingerprint density at radius 1 is 1.60 bits per heavy atom. The number of sulfonamides is 1. The zero-order valence-electron chi connectivity index (χ0n) is 12.3. The fourth-order valence-corrected chi connectivity index (χ4v) is 3.13. The Labute approximate surface area is 126 Å². The molecule has 1 atom stereocenters. The molecule has 114 valence electrons. The van der Waals surface area contributed by atoms with Crippen molar-refractivity contribution in [3.63, 3.8) is 0 Å². The third kappa shape index (κ3) is 3.77. The lowest BCUT2D eigenvalue weighted by Gasteiger charge is -2.19. The second-order valence-corrected chi connectivity index (χ2v) is 7.37. The molecule has 0 fully saturated rings. The van der Waals surface area contributed by atoms with Gasteiger partial charge < -0.3 is 10.3 Å². The lowest BCUT2D eigenvalue weighted by Crippen LogP contribution is -2.35. The predicted molar refractivity (Wildman–Crippen MR) is 83.0 cm³/mol. The van der Waals surface area contributed by atoms with E-state index < -0.39 is 10.0 Å². The van der Waals surface area contributed by atoms with Gasteiger partial charge in [0.2, 0.25) is 0 Å². The highest BCUT2D eigenvalue weighted by Crippen LogP contribution is 2.15. The summed E-state index contributed by atoms with van der Waals surface area (Å²) in [5, 5.41) is 0.0705. The van der Waals surface area contributed by atoms with Crippen LogP contribution in [0.3, 0.4) is 0 Å². The number of aryl methyl sites for hydroxylation is 2. The van der Waals surface area contributed by atoms with Crippen molar-refractivity contribution in [3.05, 3.63) is 12.0 Å². The minimum atomic E-state index is -3.60. The largest absolute Gasteiger partial charge is 0.393 e. The van der Waals surface area contributed by atoms with Crippen LogP contribution in [0.2, 0.25) is 0 Å². The highest BCUT2D eigenvalue weighted by molar-refractivity contribution is 7.89. The molecule has 2 N–H and O–H groups in total. The summed E-state index contributed by atoms with van der Waals surface area (Å²) >= 11 is 4.87. The Bertz CT molecular complexity index is 580. The first-order valence-corrected chi connectivity index (χ1v) is 8.34. The van der Waals surface area contributed by atoms with Crippen LogP contribution >= 0.6 is 12.2 Å². The van der Waals surface area contributed by atoms with Crippen molar-refractivity contribution in [2.45, 2.75) is 38.8 Å². The summed E-state index contributed by atoms with van der Waals surface area (Å²) in [4.78, 5) is 4.45. The quantitative estimate of drug-likeness (QED) is 0.763. The Morgan fingerprint density at radius 3 is 2.70 bits per heavy atom. The standard InChI is InChI=1S/C12H22N4O2S2/c1-5-6-16-8-11(14-10(16)3)20(17,18)15(4)7-9(2)12(13)19/h8-9H,5-7H2,1-4H3,(H2,13,19). The van der Waals surface area contributed by atoms with Gasteiger partial charge in [-0.15, -0.1) is 0 Å². The number of imidazole rings is 1. The SMILES string of the molecule is CCCn1cc(S(=O)(=O)N(C)CC(C)C(N)=S)nc1C. The summed E-state index contributed by atoms with van der Waals surface area (Å²) in [5.41, 5.74) is 5.52. The third-order valence-electron chi connectivity index (χ3n) is 3.11. The highest BCUT2D eigenvalue weighted by Gasteiger charge is 2.26. The number of thiocarbonyl (C=S) groups is 1. The molecule has 1 aromatic heterocycles. The summed E-state index contributed by atoms with van der Waals surface area (Å²) in [7, 11) is -2.09. The van der Waals surface area contributed by atoms with Gasteiger partial charge in [0.25, 0.3) is 10.0 Å². The van der Waals surface area contributed by atoms with Gasteiger partial charge in [-0.1, -0.05) is 26.1 Å². The summed E-state index contributed by atoms with van der Waals surface area (Å²) in [5.74, 6) is 0.518. The van der Waals surface area contributed by atoms with Crippen molar-refractivity contribution in [3.8, 4) is 0 Å². The lowest BCUT2D eigenvalue weighted by molar-refractivity contribution is 0.443. The van der Waals surface area contributed by atoms with E-state index in [2.05, 4.69) is 4.98 Å². The van der Waals surface area contributed by atoms with Crippen molar-refractivity contribution in [1.82, 2.24) is 13.9 Å². The predicted octanol–water partition coefficient (Wildman–Crippen LogP) is 1.14. The molecule has 0 aliphatic carbocycles. The Morgan fingerprint density at radius 2 is 2.20 bits per heavy atom. The van der Waals surface area contributed by atoms with Crippen LogP contribution in [0, 0.1) is 12.8 Å². The number of aromatic nitrogens is 2. The van der Waals surface area contributed by atoms with Crippen molar-refractivity contribution >= 4 is 27.2 Å². The zero-order valence-corrected chi connectivity index (χ0v) is 14.0. The van der Waals surface area contributed by atoms with Gasteiger partial charge in [0.1, 0.15) is 5.82 Å². The van der Waals surface area contributed by atoms with E-state index in [0.717, 1.165) is 13.0 Å². The number of rotatable bonds is 7. The molecule has 0 radical (unpaired) electrons. The normalized spacial score (nSPS) is 13.7. The lowest BCUT2D eigenvalue weighted by atomic mass is 10.2. The van der Waals surface area contributed by atoms with Crippen LogP contribution in [0.1, 0.15) is 26.1 Å². The second kappa shape index (κ2) is 6.64. The molecule has 0 aliphatic heterocycles. The molecule has 0 amide bonds. The van der Waals surface area contributed by atoms with E-state index in [1.807, 2.05) is 11.5 Å². The number of hydrogen-bond acceptors (Lipinski definition) is 4. The van der Waals surface area contributed by atoms with Gasteiger partial charge in [0.15, 0.2) is 5.03 Å². The van der Waals surface area contributed by atoms with Crippen molar-refractivity contribution in [1.29, 1.82) is 0 Å². The molecule has 8 heteroatoms. The Hall–Kier alpha value is -0.990. The highest BCUT2D eigenvalue weighted by atomic mass is 32.2. The smallest absolute Gasteiger partial charge is 0.261 e. The minimum absolute atomic E-state index is 0.0705. The molecule has 0 bridgehead atoms. The first kappa shape index (κ1) is 17.1. The van der Waals surface area contributed by atoms with E-state index in [0.29, 0.717) is 10.8 Å². The summed E-state index contributed by atoms with van der Waals surface area (Å²) in [6, 6.07) is 0. The number of hydrogen-bond donors (Lipinski definition) is 1. The van der Waals surface area contributed by atoms with E-state index in [4.69, 9.17) is 18.0 Å². The average Bonchev–Trinajstić information content (AvgIpc) is 2.72. The van der Waals surface area contributed by atoms with E-state index >= 15 is 0 Å². The topological polar surface area (TPSA) is 81.2 Å². The summed E-state index contributed by atoms with van der Waals surface area (Å²) < 4.78 is 27.9. The van der Waals surface area contributed by atoms with E-state index in [-0.39, 0.29) is 17.5 Å². The molecule has 0 spiro atoms. The number of nitrogens with zero attached hydrogens (tertiary/aromatic N) is 3. The molecule has 0 aromatic carbocycles. The van der Waals surface area contributed by atoms with E-state index in [1.165, 1.54) is 11.4 Å². The fourth-order valence-electron chi connectivity index (χ4n) is 1.80. The van der Waals surface area contributed by atoms with Gasteiger partial charge in [-0.3, -0.25) is 0 Å². The van der Waals surface area contributed by atoms with Crippen molar-refractivity contribution in [2.75, 3.05) is 13.6 Å². The maximum atomic E-state index is 12.4. The average molecular weight is 318 g/mol. The van der Waals surface area contributed by atoms with Crippen LogP contribution in [-0.2, 0) is 16.6 Å². The molecular formula is C12H22N4O2S2. The van der Waals surface area contributed by atoms with Crippen LogP contribution in [-0.4, -0.2) is 40.9 Å². The van der Waals surface area contributed by atoms with Crippen LogP contribution in [0.4, 0.5) is 0 Å². The molecule has 20 heavy (non-hydrogen) atoms. The Kier molecular flexibility index (Phi) is 5.67. The fraction of sp³-hybridized carbons (Fsp3) is 0.667. The van der Waals surface area contributed by atoms with E-state index in [9.17, 15) is 8.42 Å². The summed E-state index contributed by atoms with van der Waals surface area (Å²) in [6.45, 7) is 6.63. The molecule has 0 aliphatic rings. The van der Waals surface area contributed by atoms with Crippen LogP contribution in [0.25, 0.3) is 0 Å². The van der Waals surface area contributed by atoms with Crippen LogP contribution in [0.15, 0.2) is 11.2 Å². The second-order valence-electron chi connectivity index (χ2n) is 4.91. The van der Waals surface area contributed by atoms with Gasteiger partial charge in [-0.2, -0.15) is 4.31 Å². The molecule has 0 saturated carbocycles. The third-order valence-corrected chi connectivity index (χ3v) is 5.21. The van der Waals surface area contributed by atoms with Crippen LogP contribution in [0.5, 0.6) is 0 Å². The monoisotopic (exact) mass is 318 g/mol. The van der Waals surface area contributed by atoms with E-state index in [1.54, 1.807) is 20.0 Å². The molecular weight excluding hydrogens is 296 g/mol. The molecule has 1 heterocycles. The van der Waals surface area contributed by atoms with Gasteiger partial charge in [-0.05, 0) is 13.3 Å². The first-order chi connectivity index (χ1) is 9.20. The maximum absolute atomic E-state index is 12.4. The Balaban J connectivity index is 2.98. The van der Waals surface area contributed by atoms with Crippen molar-refractivity contribution < 1.29 is 8.42 Å². The molecule has 1 unspecified atom stereocenters. The number of nitrogens with two attached hydrogens (primary N) is 1. The molecule has 1 rings (SSSR count). The molecule has 1 aromatic rings. The minimum Gasteiger partial charge on any atom is -0.393 e. The zero-order chi connectivity index (χ0) is 15.5.